The first-order chi connectivity index (χ1) is 8.77. The zero-order chi connectivity index (χ0) is 14.5. The van der Waals surface area contributed by atoms with Crippen molar-refractivity contribution in [3.05, 3.63) is 40.7 Å². The van der Waals surface area contributed by atoms with E-state index in [0.29, 0.717) is 0 Å². The van der Waals surface area contributed by atoms with E-state index in [2.05, 4.69) is 0 Å². The topological polar surface area (TPSA) is 37.4 Å². The number of imide groups is 1. The Balaban J connectivity index is 2.72. The molecule has 2 rings (SSSR count). The molecule has 0 spiro atoms. The van der Waals surface area contributed by atoms with Gasteiger partial charge in [-0.3, -0.25) is 9.59 Å². The molecule has 0 radical (unpaired) electrons. The highest BCUT2D eigenvalue weighted by Crippen LogP contribution is 2.32. The summed E-state index contributed by atoms with van der Waals surface area (Å²) in [7, 11) is 0. The molecule has 0 aromatic heterocycles. The number of amides is 2. The van der Waals surface area contributed by atoms with Crippen molar-refractivity contribution >= 4 is 17.5 Å². The van der Waals surface area contributed by atoms with Gasteiger partial charge in [0.25, 0.3) is 11.8 Å². The van der Waals surface area contributed by atoms with Crippen molar-refractivity contribution in [2.45, 2.75) is 6.92 Å². The normalized spacial score (nSPS) is 15.3. The van der Waals surface area contributed by atoms with Crippen molar-refractivity contribution in [1.29, 1.82) is 0 Å². The van der Waals surface area contributed by atoms with E-state index in [1.54, 1.807) is 0 Å². The van der Waals surface area contributed by atoms with Gasteiger partial charge in [-0.1, -0.05) is 0 Å². The predicted octanol–water partition coefficient (Wildman–Crippen LogP) is 2.20. The average Bonchev–Trinajstić information content (AvgIpc) is 2.61. The molecule has 0 bridgehead atoms. The lowest BCUT2D eigenvalue weighted by Gasteiger charge is -2.17. The van der Waals surface area contributed by atoms with Crippen LogP contribution in [0.3, 0.4) is 0 Å². The van der Waals surface area contributed by atoms with E-state index in [4.69, 9.17) is 0 Å². The summed E-state index contributed by atoms with van der Waals surface area (Å²) in [5.74, 6) is -13.6. The number of anilines is 1. The third-order valence-corrected chi connectivity index (χ3v) is 2.51. The Morgan fingerprint density at radius 1 is 0.842 bits per heavy atom. The molecule has 0 saturated heterocycles. The second kappa shape index (κ2) is 4.15. The van der Waals surface area contributed by atoms with Crippen molar-refractivity contribution in [1.82, 2.24) is 0 Å². The zero-order valence-electron chi connectivity index (χ0n) is 9.23. The van der Waals surface area contributed by atoms with Gasteiger partial charge in [-0.05, 0) is 6.92 Å². The standard InChI is InChI=1S/C11H4F5NO2/c1-3-2-4(18)17(11(3)19)10-8(15)6(13)5(12)7(14)9(10)16/h2H,1H3. The molecule has 0 aliphatic carbocycles. The fraction of sp³-hybridized carbons (Fsp3) is 0.0909. The SMILES string of the molecule is CC1=CC(=O)N(c2c(F)c(F)c(F)c(F)c2F)C1=O. The fourth-order valence-corrected chi connectivity index (χ4v) is 1.59. The highest BCUT2D eigenvalue weighted by Gasteiger charge is 2.38. The van der Waals surface area contributed by atoms with Crippen molar-refractivity contribution in [3.8, 4) is 0 Å². The first kappa shape index (κ1) is 13.2. The lowest BCUT2D eigenvalue weighted by Crippen LogP contribution is -2.33. The minimum atomic E-state index is -2.36. The Labute approximate surface area is 102 Å². The molecule has 1 aromatic rings. The van der Waals surface area contributed by atoms with Crippen molar-refractivity contribution in [2.24, 2.45) is 0 Å². The number of nitrogens with zero attached hydrogens (tertiary/aromatic N) is 1. The second-order valence-electron chi connectivity index (χ2n) is 3.72. The quantitative estimate of drug-likeness (QED) is 0.341. The molecule has 100 valence electrons. The van der Waals surface area contributed by atoms with Gasteiger partial charge in [0.2, 0.25) is 5.82 Å². The number of carbonyl (C=O) groups excluding carboxylic acids is 2. The van der Waals surface area contributed by atoms with E-state index in [0.717, 1.165) is 6.08 Å². The van der Waals surface area contributed by atoms with E-state index in [1.807, 2.05) is 0 Å². The Kier molecular flexibility index (Phi) is 2.88. The molecule has 8 heteroatoms. The highest BCUT2D eigenvalue weighted by atomic mass is 19.2. The lowest BCUT2D eigenvalue weighted by molar-refractivity contribution is -0.120. The number of halogens is 5. The molecule has 1 heterocycles. The van der Waals surface area contributed by atoms with E-state index < -0.39 is 46.6 Å². The number of hydrogen-bond acceptors (Lipinski definition) is 2. The number of benzene rings is 1. The summed E-state index contributed by atoms with van der Waals surface area (Å²) in [6.07, 6.45) is 0.736. The van der Waals surface area contributed by atoms with Crippen molar-refractivity contribution in [2.75, 3.05) is 4.90 Å². The van der Waals surface area contributed by atoms with Crippen molar-refractivity contribution < 1.29 is 31.5 Å². The van der Waals surface area contributed by atoms with Gasteiger partial charge < -0.3 is 0 Å². The maximum Gasteiger partial charge on any atom is 0.261 e. The first-order valence-corrected chi connectivity index (χ1v) is 4.85. The number of hydrogen-bond donors (Lipinski definition) is 0. The van der Waals surface area contributed by atoms with Crippen LogP contribution in [0, 0.1) is 29.1 Å². The summed E-state index contributed by atoms with van der Waals surface area (Å²) in [4.78, 5) is 22.8. The minimum absolute atomic E-state index is 0.0917. The summed E-state index contributed by atoms with van der Waals surface area (Å²) < 4.78 is 65.7. The van der Waals surface area contributed by atoms with Crippen LogP contribution in [-0.4, -0.2) is 11.8 Å². The fourth-order valence-electron chi connectivity index (χ4n) is 1.59. The van der Waals surface area contributed by atoms with Gasteiger partial charge in [-0.25, -0.2) is 26.9 Å². The van der Waals surface area contributed by atoms with E-state index >= 15 is 0 Å². The molecule has 0 atom stereocenters. The largest absolute Gasteiger partial charge is 0.269 e. The molecular weight excluding hydrogens is 273 g/mol. The van der Waals surface area contributed by atoms with Gasteiger partial charge in [0.1, 0.15) is 5.69 Å². The van der Waals surface area contributed by atoms with Gasteiger partial charge in [-0.2, -0.15) is 0 Å². The summed E-state index contributed by atoms with van der Waals surface area (Å²) in [5, 5.41) is 0. The molecule has 0 saturated carbocycles. The smallest absolute Gasteiger partial charge is 0.261 e. The average molecular weight is 277 g/mol. The van der Waals surface area contributed by atoms with E-state index in [-0.39, 0.29) is 10.5 Å². The summed E-state index contributed by atoms with van der Waals surface area (Å²) >= 11 is 0. The van der Waals surface area contributed by atoms with E-state index in [1.165, 1.54) is 6.92 Å². The van der Waals surface area contributed by atoms with Crippen molar-refractivity contribution in [3.63, 3.8) is 0 Å². The third kappa shape index (κ3) is 1.71. The van der Waals surface area contributed by atoms with Crippen LogP contribution in [0.15, 0.2) is 11.6 Å². The molecule has 3 nitrogen and oxygen atoms in total. The molecule has 1 aliphatic heterocycles. The number of carbonyl (C=O) groups is 2. The van der Waals surface area contributed by atoms with Gasteiger partial charge in [0.05, 0.1) is 0 Å². The monoisotopic (exact) mass is 277 g/mol. The lowest BCUT2D eigenvalue weighted by atomic mass is 10.2. The molecule has 19 heavy (non-hydrogen) atoms. The summed E-state index contributed by atoms with van der Waals surface area (Å²) in [5.41, 5.74) is -1.74. The summed E-state index contributed by atoms with van der Waals surface area (Å²) in [6, 6.07) is 0. The summed E-state index contributed by atoms with van der Waals surface area (Å²) in [6.45, 7) is 1.17. The van der Waals surface area contributed by atoms with Crippen LogP contribution < -0.4 is 4.90 Å². The predicted molar refractivity (Wildman–Crippen MR) is 52.5 cm³/mol. The molecule has 1 aliphatic rings. The Bertz CT molecular complexity index is 624. The van der Waals surface area contributed by atoms with Crippen LogP contribution in [0.4, 0.5) is 27.6 Å². The first-order valence-electron chi connectivity index (χ1n) is 4.85. The van der Waals surface area contributed by atoms with E-state index in [9.17, 15) is 31.5 Å². The second-order valence-corrected chi connectivity index (χ2v) is 3.72. The Morgan fingerprint density at radius 2 is 1.26 bits per heavy atom. The Hall–Kier alpha value is -2.25. The van der Waals surface area contributed by atoms with Crippen LogP contribution in [0.2, 0.25) is 0 Å². The minimum Gasteiger partial charge on any atom is -0.269 e. The Morgan fingerprint density at radius 3 is 1.63 bits per heavy atom. The molecule has 0 fully saturated rings. The van der Waals surface area contributed by atoms with Gasteiger partial charge in [0, 0.05) is 11.6 Å². The molecule has 0 unspecified atom stereocenters. The number of rotatable bonds is 1. The van der Waals surface area contributed by atoms with Crippen LogP contribution in [0.1, 0.15) is 6.92 Å². The molecule has 2 amide bonds. The van der Waals surface area contributed by atoms with Gasteiger partial charge >= 0.3 is 0 Å². The zero-order valence-corrected chi connectivity index (χ0v) is 9.23. The van der Waals surface area contributed by atoms with Crippen LogP contribution >= 0.6 is 0 Å². The van der Waals surface area contributed by atoms with Crippen LogP contribution in [0.25, 0.3) is 0 Å². The third-order valence-electron chi connectivity index (χ3n) is 2.51. The maximum absolute atomic E-state index is 13.4. The molecular formula is C11H4F5NO2. The molecule has 1 aromatic carbocycles. The maximum atomic E-state index is 13.4. The van der Waals surface area contributed by atoms with Gasteiger partial charge in [0.15, 0.2) is 23.3 Å². The van der Waals surface area contributed by atoms with Crippen LogP contribution in [0.5, 0.6) is 0 Å². The highest BCUT2D eigenvalue weighted by molar-refractivity contribution is 6.30. The molecule has 0 N–H and O–H groups in total. The van der Waals surface area contributed by atoms with Gasteiger partial charge in [-0.15, -0.1) is 0 Å². The van der Waals surface area contributed by atoms with Crippen LogP contribution in [-0.2, 0) is 9.59 Å².